The molecule has 98 valence electrons. The first kappa shape index (κ1) is 11.0. The number of aryl methyl sites for hydroxylation is 1. The summed E-state index contributed by atoms with van der Waals surface area (Å²) in [6, 6.07) is 2.96. The van der Waals surface area contributed by atoms with Gasteiger partial charge in [-0.15, -0.1) is 5.10 Å². The topological polar surface area (TPSA) is 46.8 Å². The lowest BCUT2D eigenvalue weighted by atomic mass is 10.2. The van der Waals surface area contributed by atoms with Gasteiger partial charge in [-0.3, -0.25) is 9.67 Å². The van der Waals surface area contributed by atoms with Crippen molar-refractivity contribution in [3.8, 4) is 11.3 Å². The van der Waals surface area contributed by atoms with Crippen LogP contribution in [0.4, 0.5) is 5.69 Å². The van der Waals surface area contributed by atoms with E-state index in [-0.39, 0.29) is 0 Å². The molecule has 5 nitrogen and oxygen atoms in total. The molecule has 0 radical (unpaired) electrons. The van der Waals surface area contributed by atoms with E-state index in [1.54, 1.807) is 0 Å². The number of rotatable bonds is 3. The molecule has 0 spiro atoms. The lowest BCUT2D eigenvalue weighted by Crippen LogP contribution is -2.22. The van der Waals surface area contributed by atoms with Gasteiger partial charge in [-0.1, -0.05) is 5.21 Å². The molecule has 0 N–H and O–H groups in total. The number of fused-ring (bicyclic) bond motifs is 1. The average molecular weight is 255 g/mol. The maximum atomic E-state index is 4.37. The molecule has 2 atom stereocenters. The number of nitrogens with zero attached hydrogens (tertiary/aromatic N) is 5. The minimum atomic E-state index is 0.767. The Balaban J connectivity index is 1.66. The highest BCUT2D eigenvalue weighted by molar-refractivity contribution is 5.64. The third-order valence-corrected chi connectivity index (χ3v) is 4.24. The Labute approximate surface area is 112 Å². The van der Waals surface area contributed by atoms with Crippen molar-refractivity contribution in [2.75, 3.05) is 11.4 Å². The summed E-state index contributed by atoms with van der Waals surface area (Å²) in [5.74, 6) is 0.935. The summed E-state index contributed by atoms with van der Waals surface area (Å²) in [7, 11) is 0. The van der Waals surface area contributed by atoms with Crippen LogP contribution in [-0.2, 0) is 6.54 Å². The second-order valence-corrected chi connectivity index (χ2v) is 5.44. The number of hydrogen-bond donors (Lipinski definition) is 0. The Morgan fingerprint density at radius 2 is 2.32 bits per heavy atom. The second kappa shape index (κ2) is 4.05. The highest BCUT2D eigenvalue weighted by atomic mass is 15.4. The summed E-state index contributed by atoms with van der Waals surface area (Å²) < 4.78 is 1.84. The Morgan fingerprint density at radius 3 is 3.00 bits per heavy atom. The molecule has 2 aliphatic rings. The molecule has 1 aliphatic heterocycles. The largest absolute Gasteiger partial charge is 0.367 e. The van der Waals surface area contributed by atoms with Gasteiger partial charge in [0.15, 0.2) is 0 Å². The van der Waals surface area contributed by atoms with Crippen LogP contribution in [0.25, 0.3) is 11.3 Å². The van der Waals surface area contributed by atoms with Crippen molar-refractivity contribution in [2.24, 2.45) is 5.92 Å². The third kappa shape index (κ3) is 1.80. The van der Waals surface area contributed by atoms with E-state index in [2.05, 4.69) is 33.2 Å². The maximum Gasteiger partial charge on any atom is 0.114 e. The van der Waals surface area contributed by atoms with Gasteiger partial charge < -0.3 is 4.90 Å². The van der Waals surface area contributed by atoms with Gasteiger partial charge in [0, 0.05) is 30.9 Å². The molecule has 1 aliphatic carbocycles. The van der Waals surface area contributed by atoms with E-state index in [1.807, 2.05) is 23.3 Å². The van der Waals surface area contributed by atoms with Crippen LogP contribution in [0.1, 0.15) is 19.8 Å². The van der Waals surface area contributed by atoms with Crippen molar-refractivity contribution >= 4 is 5.69 Å². The van der Waals surface area contributed by atoms with Gasteiger partial charge in [0.25, 0.3) is 0 Å². The van der Waals surface area contributed by atoms with Crippen LogP contribution in [0.2, 0.25) is 0 Å². The van der Waals surface area contributed by atoms with Gasteiger partial charge in [0.05, 0.1) is 18.1 Å². The quantitative estimate of drug-likeness (QED) is 0.841. The summed E-state index contributed by atoms with van der Waals surface area (Å²) in [5, 5.41) is 8.30. The molecule has 1 saturated carbocycles. The molecule has 2 aromatic rings. The van der Waals surface area contributed by atoms with Gasteiger partial charge in [0.1, 0.15) is 5.69 Å². The van der Waals surface area contributed by atoms with Gasteiger partial charge in [-0.05, 0) is 31.7 Å². The van der Waals surface area contributed by atoms with E-state index in [1.165, 1.54) is 25.1 Å². The van der Waals surface area contributed by atoms with E-state index in [9.17, 15) is 0 Å². The van der Waals surface area contributed by atoms with Crippen LogP contribution >= 0.6 is 0 Å². The molecule has 0 aromatic carbocycles. The normalized spacial score (nSPS) is 24.6. The van der Waals surface area contributed by atoms with Crippen LogP contribution in [0.5, 0.6) is 0 Å². The van der Waals surface area contributed by atoms with Crippen molar-refractivity contribution in [1.82, 2.24) is 20.0 Å². The molecule has 3 heterocycles. The highest BCUT2D eigenvalue weighted by Gasteiger charge is 2.46. The number of aromatic nitrogens is 4. The SMILES string of the molecule is CCn1cc(-c2cncc(N3CCC4CC43)c2)nn1. The summed E-state index contributed by atoms with van der Waals surface area (Å²) in [6.07, 6.45) is 8.50. The molecule has 2 unspecified atom stereocenters. The fourth-order valence-electron chi connectivity index (χ4n) is 3.03. The van der Waals surface area contributed by atoms with Gasteiger partial charge in [-0.25, -0.2) is 0 Å². The summed E-state index contributed by atoms with van der Waals surface area (Å²) in [5.41, 5.74) is 3.19. The highest BCUT2D eigenvalue weighted by Crippen LogP contribution is 2.46. The van der Waals surface area contributed by atoms with Gasteiger partial charge in [0.2, 0.25) is 0 Å². The van der Waals surface area contributed by atoms with Crippen LogP contribution in [0.3, 0.4) is 0 Å². The van der Waals surface area contributed by atoms with E-state index < -0.39 is 0 Å². The van der Waals surface area contributed by atoms with E-state index >= 15 is 0 Å². The lowest BCUT2D eigenvalue weighted by molar-refractivity contribution is 0.627. The number of pyridine rings is 1. The lowest BCUT2D eigenvalue weighted by Gasteiger charge is -2.20. The Morgan fingerprint density at radius 1 is 1.37 bits per heavy atom. The zero-order valence-electron chi connectivity index (χ0n) is 11.0. The van der Waals surface area contributed by atoms with Gasteiger partial charge in [-0.2, -0.15) is 0 Å². The first-order valence-electron chi connectivity index (χ1n) is 6.97. The van der Waals surface area contributed by atoms with Crippen LogP contribution in [0.15, 0.2) is 24.7 Å². The summed E-state index contributed by atoms with van der Waals surface area (Å²) in [4.78, 5) is 6.87. The van der Waals surface area contributed by atoms with E-state index in [0.717, 1.165) is 29.8 Å². The molecule has 2 fully saturated rings. The van der Waals surface area contributed by atoms with Crippen molar-refractivity contribution in [1.29, 1.82) is 0 Å². The van der Waals surface area contributed by atoms with Gasteiger partial charge >= 0.3 is 0 Å². The minimum Gasteiger partial charge on any atom is -0.367 e. The van der Waals surface area contributed by atoms with Crippen LogP contribution in [0, 0.1) is 5.92 Å². The molecule has 0 bridgehead atoms. The fraction of sp³-hybridized carbons (Fsp3) is 0.500. The third-order valence-electron chi connectivity index (χ3n) is 4.24. The number of anilines is 1. The smallest absolute Gasteiger partial charge is 0.114 e. The first-order valence-corrected chi connectivity index (χ1v) is 6.97. The standard InChI is InChI=1S/C14H17N5/c1-2-18-9-13(16-17-18)11-5-12(8-15-7-11)19-4-3-10-6-14(10)19/h5,7-10,14H,2-4,6H2,1H3. The number of piperidine rings is 1. The number of hydrogen-bond acceptors (Lipinski definition) is 4. The molecule has 4 rings (SSSR count). The predicted molar refractivity (Wildman–Crippen MR) is 72.8 cm³/mol. The molecule has 2 aromatic heterocycles. The maximum absolute atomic E-state index is 4.37. The predicted octanol–water partition coefficient (Wildman–Crippen LogP) is 1.96. The van der Waals surface area contributed by atoms with E-state index in [0.29, 0.717) is 0 Å². The van der Waals surface area contributed by atoms with Crippen molar-refractivity contribution in [3.05, 3.63) is 24.7 Å². The zero-order chi connectivity index (χ0) is 12.8. The zero-order valence-corrected chi connectivity index (χ0v) is 11.0. The van der Waals surface area contributed by atoms with Crippen molar-refractivity contribution in [3.63, 3.8) is 0 Å². The minimum absolute atomic E-state index is 0.767. The van der Waals surface area contributed by atoms with Crippen molar-refractivity contribution < 1.29 is 0 Å². The summed E-state index contributed by atoms with van der Waals surface area (Å²) in [6.45, 7) is 4.07. The Kier molecular flexibility index (Phi) is 2.33. The molecule has 19 heavy (non-hydrogen) atoms. The Hall–Kier alpha value is -1.91. The first-order chi connectivity index (χ1) is 9.35. The second-order valence-electron chi connectivity index (χ2n) is 5.44. The monoisotopic (exact) mass is 255 g/mol. The Bertz CT molecular complexity index is 605. The van der Waals surface area contributed by atoms with Crippen LogP contribution in [-0.4, -0.2) is 32.6 Å². The van der Waals surface area contributed by atoms with E-state index in [4.69, 9.17) is 0 Å². The molecular weight excluding hydrogens is 238 g/mol. The summed E-state index contributed by atoms with van der Waals surface area (Å²) >= 11 is 0. The fourth-order valence-corrected chi connectivity index (χ4v) is 3.03. The van der Waals surface area contributed by atoms with Crippen molar-refractivity contribution in [2.45, 2.75) is 32.4 Å². The molecule has 0 amide bonds. The molecular formula is C14H17N5. The molecule has 1 saturated heterocycles. The van der Waals surface area contributed by atoms with Crippen LogP contribution < -0.4 is 4.90 Å². The molecule has 5 heteroatoms. The average Bonchev–Trinajstić information content (AvgIpc) is 2.92.